The molecule has 1 atom stereocenters. The first-order valence-electron chi connectivity index (χ1n) is 9.85. The summed E-state index contributed by atoms with van der Waals surface area (Å²) in [6, 6.07) is 29.8. The van der Waals surface area contributed by atoms with Crippen molar-refractivity contribution in [1.82, 2.24) is 0 Å². The molecule has 0 heterocycles. The zero-order valence-electron chi connectivity index (χ0n) is 16.5. The predicted octanol–water partition coefficient (Wildman–Crippen LogP) is 7.07. The molecule has 4 rings (SSSR count). The maximum atomic E-state index is 2.33. The van der Waals surface area contributed by atoms with Crippen LogP contribution in [-0.2, 0) is 0 Å². The number of benzene rings is 3. The SMILES string of the molecule is CC1C=CC(N(c2ccccc2)c2ccc(N(C)c3ccccc3)cc2)=CC1. The molecule has 0 fully saturated rings. The van der Waals surface area contributed by atoms with Crippen LogP contribution in [-0.4, -0.2) is 7.05 Å². The number of hydrogen-bond acceptors (Lipinski definition) is 2. The summed E-state index contributed by atoms with van der Waals surface area (Å²) in [4.78, 5) is 4.53. The minimum Gasteiger partial charge on any atom is -0.345 e. The van der Waals surface area contributed by atoms with Crippen molar-refractivity contribution >= 4 is 22.7 Å². The highest BCUT2D eigenvalue weighted by molar-refractivity contribution is 5.73. The molecule has 28 heavy (non-hydrogen) atoms. The average Bonchev–Trinajstić information content (AvgIpc) is 2.77. The topological polar surface area (TPSA) is 6.48 Å². The van der Waals surface area contributed by atoms with E-state index in [1.165, 1.54) is 28.4 Å². The molecule has 0 saturated carbocycles. The van der Waals surface area contributed by atoms with E-state index in [9.17, 15) is 0 Å². The Bertz CT molecular complexity index is 956. The van der Waals surface area contributed by atoms with E-state index >= 15 is 0 Å². The molecule has 0 amide bonds. The smallest absolute Gasteiger partial charge is 0.0462 e. The Morgan fingerprint density at radius 2 is 1.18 bits per heavy atom. The third-order valence-electron chi connectivity index (χ3n) is 5.21. The second-order valence-electron chi connectivity index (χ2n) is 7.28. The molecule has 2 nitrogen and oxygen atoms in total. The molecule has 0 radical (unpaired) electrons. The van der Waals surface area contributed by atoms with Crippen LogP contribution < -0.4 is 9.80 Å². The Balaban J connectivity index is 1.67. The first-order chi connectivity index (χ1) is 13.7. The lowest BCUT2D eigenvalue weighted by Gasteiger charge is -2.29. The standard InChI is InChI=1S/C26H26N2/c1-21-13-15-25(16-14-21)28(24-11-7-4-8-12-24)26-19-17-23(18-20-26)27(2)22-9-5-3-6-10-22/h3-13,15-21H,14H2,1-2H3. The molecular weight excluding hydrogens is 340 g/mol. The number of anilines is 4. The maximum Gasteiger partial charge on any atom is 0.0462 e. The van der Waals surface area contributed by atoms with Gasteiger partial charge in [0.25, 0.3) is 0 Å². The molecule has 3 aromatic carbocycles. The van der Waals surface area contributed by atoms with E-state index in [2.05, 4.69) is 121 Å². The molecule has 1 aliphatic carbocycles. The van der Waals surface area contributed by atoms with Gasteiger partial charge in [-0.25, -0.2) is 0 Å². The molecule has 2 heteroatoms. The van der Waals surface area contributed by atoms with E-state index in [1.54, 1.807) is 0 Å². The molecule has 3 aromatic rings. The second kappa shape index (κ2) is 8.18. The highest BCUT2D eigenvalue weighted by atomic mass is 15.1. The first kappa shape index (κ1) is 18.1. The molecular formula is C26H26N2. The number of rotatable bonds is 5. The van der Waals surface area contributed by atoms with Gasteiger partial charge in [0.2, 0.25) is 0 Å². The van der Waals surface area contributed by atoms with Gasteiger partial charge in [-0.3, -0.25) is 0 Å². The summed E-state index contributed by atoms with van der Waals surface area (Å²) < 4.78 is 0. The van der Waals surface area contributed by atoms with E-state index in [-0.39, 0.29) is 0 Å². The zero-order valence-corrected chi connectivity index (χ0v) is 16.5. The predicted molar refractivity (Wildman–Crippen MR) is 121 cm³/mol. The van der Waals surface area contributed by atoms with E-state index in [1.807, 2.05) is 6.07 Å². The van der Waals surface area contributed by atoms with Gasteiger partial charge in [-0.15, -0.1) is 0 Å². The second-order valence-corrected chi connectivity index (χ2v) is 7.28. The van der Waals surface area contributed by atoms with E-state index in [0.717, 1.165) is 6.42 Å². The van der Waals surface area contributed by atoms with Crippen LogP contribution in [0.25, 0.3) is 0 Å². The van der Waals surface area contributed by atoms with Crippen molar-refractivity contribution in [2.24, 2.45) is 5.92 Å². The Morgan fingerprint density at radius 1 is 0.679 bits per heavy atom. The van der Waals surface area contributed by atoms with Crippen molar-refractivity contribution < 1.29 is 0 Å². The van der Waals surface area contributed by atoms with Crippen molar-refractivity contribution in [2.75, 3.05) is 16.8 Å². The Hall–Kier alpha value is -3.26. The van der Waals surface area contributed by atoms with Crippen LogP contribution in [0.5, 0.6) is 0 Å². The third-order valence-corrected chi connectivity index (χ3v) is 5.21. The third kappa shape index (κ3) is 3.86. The summed E-state index contributed by atoms with van der Waals surface area (Å²) in [5.74, 6) is 0.600. The highest BCUT2D eigenvalue weighted by Gasteiger charge is 2.16. The van der Waals surface area contributed by atoms with Crippen molar-refractivity contribution in [3.05, 3.63) is 109 Å². The van der Waals surface area contributed by atoms with Gasteiger partial charge in [0, 0.05) is 35.5 Å². The van der Waals surface area contributed by atoms with Crippen LogP contribution in [0.2, 0.25) is 0 Å². The summed E-state index contributed by atoms with van der Waals surface area (Å²) in [5, 5.41) is 0. The minimum absolute atomic E-state index is 0.600. The summed E-state index contributed by atoms with van der Waals surface area (Å²) in [6.07, 6.45) is 7.94. The normalized spacial score (nSPS) is 15.8. The molecule has 1 aliphatic rings. The van der Waals surface area contributed by atoms with Gasteiger partial charge in [0.05, 0.1) is 0 Å². The summed E-state index contributed by atoms with van der Waals surface area (Å²) >= 11 is 0. The van der Waals surface area contributed by atoms with Gasteiger partial charge in [-0.1, -0.05) is 55.5 Å². The first-order valence-corrected chi connectivity index (χ1v) is 9.85. The molecule has 0 aromatic heterocycles. The lowest BCUT2D eigenvalue weighted by atomic mass is 10.0. The number of nitrogens with zero attached hydrogens (tertiary/aromatic N) is 2. The van der Waals surface area contributed by atoms with Gasteiger partial charge in [-0.05, 0) is 66.9 Å². The van der Waals surface area contributed by atoms with Crippen molar-refractivity contribution in [1.29, 1.82) is 0 Å². The molecule has 0 N–H and O–H groups in total. The molecule has 0 saturated heterocycles. The van der Waals surface area contributed by atoms with Crippen LogP contribution in [0.15, 0.2) is 109 Å². The average molecular weight is 367 g/mol. The van der Waals surface area contributed by atoms with E-state index in [4.69, 9.17) is 0 Å². The zero-order chi connectivity index (χ0) is 19.3. The van der Waals surface area contributed by atoms with Gasteiger partial charge in [-0.2, -0.15) is 0 Å². The fraction of sp³-hybridized carbons (Fsp3) is 0.154. The number of hydrogen-bond donors (Lipinski definition) is 0. The largest absolute Gasteiger partial charge is 0.345 e. The van der Waals surface area contributed by atoms with E-state index in [0.29, 0.717) is 5.92 Å². The molecule has 140 valence electrons. The van der Waals surface area contributed by atoms with Crippen LogP contribution in [0.1, 0.15) is 13.3 Å². The summed E-state index contributed by atoms with van der Waals surface area (Å²) in [6.45, 7) is 2.25. The van der Waals surface area contributed by atoms with Gasteiger partial charge >= 0.3 is 0 Å². The van der Waals surface area contributed by atoms with Crippen LogP contribution in [0.3, 0.4) is 0 Å². The van der Waals surface area contributed by atoms with Crippen LogP contribution in [0.4, 0.5) is 22.7 Å². The monoisotopic (exact) mass is 366 g/mol. The van der Waals surface area contributed by atoms with E-state index < -0.39 is 0 Å². The minimum atomic E-state index is 0.600. The van der Waals surface area contributed by atoms with Crippen molar-refractivity contribution in [3.8, 4) is 0 Å². The number of para-hydroxylation sites is 2. The lowest BCUT2D eigenvalue weighted by molar-refractivity contribution is 0.728. The maximum absolute atomic E-state index is 2.33. The van der Waals surface area contributed by atoms with Gasteiger partial charge < -0.3 is 9.80 Å². The molecule has 0 spiro atoms. The molecule has 1 unspecified atom stereocenters. The van der Waals surface area contributed by atoms with Gasteiger partial charge in [0.15, 0.2) is 0 Å². The van der Waals surface area contributed by atoms with Crippen molar-refractivity contribution in [3.63, 3.8) is 0 Å². The summed E-state index contributed by atoms with van der Waals surface area (Å²) in [7, 11) is 2.10. The lowest BCUT2D eigenvalue weighted by Crippen LogP contribution is -2.17. The highest BCUT2D eigenvalue weighted by Crippen LogP contribution is 2.34. The van der Waals surface area contributed by atoms with Crippen LogP contribution >= 0.6 is 0 Å². The Labute approximate surface area is 168 Å². The molecule has 0 aliphatic heterocycles. The van der Waals surface area contributed by atoms with Gasteiger partial charge in [0.1, 0.15) is 0 Å². The Morgan fingerprint density at radius 3 is 1.75 bits per heavy atom. The van der Waals surface area contributed by atoms with Crippen LogP contribution in [0, 0.1) is 5.92 Å². The summed E-state index contributed by atoms with van der Waals surface area (Å²) in [5.41, 5.74) is 5.93. The Kier molecular flexibility index (Phi) is 5.29. The molecule has 0 bridgehead atoms. The quantitative estimate of drug-likeness (QED) is 0.476. The fourth-order valence-corrected chi connectivity index (χ4v) is 3.53. The number of allylic oxidation sites excluding steroid dienone is 3. The fourth-order valence-electron chi connectivity index (χ4n) is 3.53. The van der Waals surface area contributed by atoms with Crippen molar-refractivity contribution in [2.45, 2.75) is 13.3 Å².